The van der Waals surface area contributed by atoms with Gasteiger partial charge in [0, 0.05) is 0 Å². The predicted octanol–water partition coefficient (Wildman–Crippen LogP) is 2.53. The van der Waals surface area contributed by atoms with Gasteiger partial charge in [-0.1, -0.05) is 20.3 Å². The monoisotopic (exact) mass is 104 g/mol. The van der Waals surface area contributed by atoms with Crippen molar-refractivity contribution in [2.45, 2.75) is 39.3 Å². The molecule has 0 aliphatic carbocycles. The van der Waals surface area contributed by atoms with Gasteiger partial charge in [-0.15, -0.1) is 0 Å². The average Bonchev–Trinajstić information content (AvgIpc) is 1.68. The zero-order chi connectivity index (χ0) is 5.70. The van der Waals surface area contributed by atoms with Gasteiger partial charge < -0.3 is 0 Å². The molecule has 0 aliphatic heterocycles. The van der Waals surface area contributed by atoms with Crippen LogP contribution in [0.25, 0.3) is 0 Å². The zero-order valence-corrected chi connectivity index (χ0v) is 5.08. The smallest absolute Gasteiger partial charge is 0.0998 e. The highest BCUT2D eigenvalue weighted by atomic mass is 19.1. The Kier molecular flexibility index (Phi) is 4.06. The van der Waals surface area contributed by atoms with Crippen LogP contribution in [0.1, 0.15) is 33.1 Å². The second kappa shape index (κ2) is 4.10. The van der Waals surface area contributed by atoms with E-state index in [9.17, 15) is 4.39 Å². The molecule has 0 aromatic carbocycles. The molecule has 0 nitrogen and oxygen atoms in total. The van der Waals surface area contributed by atoms with Crippen LogP contribution < -0.4 is 0 Å². The minimum Gasteiger partial charge on any atom is -0.248 e. The van der Waals surface area contributed by atoms with Crippen molar-refractivity contribution in [2.24, 2.45) is 0 Å². The summed E-state index contributed by atoms with van der Waals surface area (Å²) in [4.78, 5) is 0. The van der Waals surface area contributed by atoms with Gasteiger partial charge >= 0.3 is 0 Å². The van der Waals surface area contributed by atoms with Gasteiger partial charge in [0.15, 0.2) is 0 Å². The normalized spacial score (nSPS) is 14.1. The molecule has 44 valence electrons. The molecule has 0 spiro atoms. The molecule has 0 aliphatic rings. The van der Waals surface area contributed by atoms with Crippen molar-refractivity contribution in [1.82, 2.24) is 0 Å². The van der Waals surface area contributed by atoms with Crippen LogP contribution in [0.4, 0.5) is 4.39 Å². The minimum atomic E-state index is -0.551. The highest BCUT2D eigenvalue weighted by molar-refractivity contribution is 4.48. The molecule has 7 heavy (non-hydrogen) atoms. The summed E-state index contributed by atoms with van der Waals surface area (Å²) < 4.78 is 12.1. The Morgan fingerprint density at radius 3 is 2.14 bits per heavy atom. The second-order valence-electron chi connectivity index (χ2n) is 1.79. The number of rotatable bonds is 3. The van der Waals surface area contributed by atoms with Gasteiger partial charge in [0.25, 0.3) is 0 Å². The molecule has 0 bridgehead atoms. The van der Waals surface area contributed by atoms with Crippen LogP contribution in [0.3, 0.4) is 0 Å². The maximum atomic E-state index is 12.1. The van der Waals surface area contributed by atoms with Crippen LogP contribution in [0.15, 0.2) is 0 Å². The standard InChI is InChI=1S/C6H13F/c1-3-5-6(7)4-2/h6H,3-5H2,1-2H3/t6-/m0/s1. The molecular weight excluding hydrogens is 91.1 g/mol. The van der Waals surface area contributed by atoms with Crippen LogP contribution in [0.2, 0.25) is 0 Å². The van der Waals surface area contributed by atoms with E-state index in [0.29, 0.717) is 6.42 Å². The van der Waals surface area contributed by atoms with Crippen LogP contribution in [-0.2, 0) is 0 Å². The summed E-state index contributed by atoms with van der Waals surface area (Å²) >= 11 is 0. The van der Waals surface area contributed by atoms with E-state index in [1.165, 1.54) is 0 Å². The van der Waals surface area contributed by atoms with Crippen LogP contribution >= 0.6 is 0 Å². The maximum Gasteiger partial charge on any atom is 0.0998 e. The number of alkyl halides is 1. The average molecular weight is 104 g/mol. The van der Waals surface area contributed by atoms with E-state index in [2.05, 4.69) is 0 Å². The summed E-state index contributed by atoms with van der Waals surface area (Å²) in [5.41, 5.74) is 0. The lowest BCUT2D eigenvalue weighted by Crippen LogP contribution is -1.94. The van der Waals surface area contributed by atoms with Crippen LogP contribution in [0, 0.1) is 0 Å². The van der Waals surface area contributed by atoms with E-state index < -0.39 is 6.17 Å². The van der Waals surface area contributed by atoms with E-state index >= 15 is 0 Å². The lowest BCUT2D eigenvalue weighted by molar-refractivity contribution is 0.303. The highest BCUT2D eigenvalue weighted by Gasteiger charge is 1.97. The van der Waals surface area contributed by atoms with Gasteiger partial charge in [0.1, 0.15) is 0 Å². The first-order valence-corrected chi connectivity index (χ1v) is 2.95. The van der Waals surface area contributed by atoms with Crippen molar-refractivity contribution in [3.63, 3.8) is 0 Å². The fraction of sp³-hybridized carbons (Fsp3) is 1.00. The fourth-order valence-electron chi connectivity index (χ4n) is 0.517. The van der Waals surface area contributed by atoms with Crippen molar-refractivity contribution in [3.8, 4) is 0 Å². The second-order valence-corrected chi connectivity index (χ2v) is 1.79. The van der Waals surface area contributed by atoms with E-state index in [0.717, 1.165) is 12.8 Å². The molecule has 0 heterocycles. The summed E-state index contributed by atoms with van der Waals surface area (Å²) in [6.07, 6.45) is 1.82. The van der Waals surface area contributed by atoms with Crippen molar-refractivity contribution < 1.29 is 4.39 Å². The van der Waals surface area contributed by atoms with E-state index in [4.69, 9.17) is 0 Å². The summed E-state index contributed by atoms with van der Waals surface area (Å²) in [6.45, 7) is 3.88. The SMILES string of the molecule is CCC[C@@H](F)CC. The van der Waals surface area contributed by atoms with Crippen molar-refractivity contribution in [1.29, 1.82) is 0 Å². The Bertz CT molecular complexity index is 35.2. The van der Waals surface area contributed by atoms with Crippen molar-refractivity contribution in [3.05, 3.63) is 0 Å². The maximum absolute atomic E-state index is 12.1. The summed E-state index contributed by atoms with van der Waals surface area (Å²) in [5, 5.41) is 0. The number of halogens is 1. The summed E-state index contributed by atoms with van der Waals surface area (Å²) in [7, 11) is 0. The third-order valence-corrected chi connectivity index (χ3v) is 1.04. The van der Waals surface area contributed by atoms with Crippen LogP contribution in [-0.4, -0.2) is 6.17 Å². The highest BCUT2D eigenvalue weighted by Crippen LogP contribution is 2.03. The lowest BCUT2D eigenvalue weighted by atomic mass is 10.2. The molecule has 0 N–H and O–H groups in total. The Hall–Kier alpha value is -0.0700. The Labute approximate surface area is 44.7 Å². The molecule has 0 saturated heterocycles. The Morgan fingerprint density at radius 2 is 2.00 bits per heavy atom. The number of hydrogen-bond donors (Lipinski definition) is 0. The first-order valence-electron chi connectivity index (χ1n) is 2.95. The molecule has 0 saturated carbocycles. The Morgan fingerprint density at radius 1 is 1.43 bits per heavy atom. The number of hydrogen-bond acceptors (Lipinski definition) is 0. The van der Waals surface area contributed by atoms with Gasteiger partial charge in [-0.2, -0.15) is 0 Å². The Balaban J connectivity index is 2.83. The molecule has 0 aromatic rings. The summed E-state index contributed by atoms with van der Waals surface area (Å²) in [5.74, 6) is 0. The van der Waals surface area contributed by atoms with Gasteiger partial charge in [-0.25, -0.2) is 4.39 Å². The van der Waals surface area contributed by atoms with E-state index in [-0.39, 0.29) is 0 Å². The van der Waals surface area contributed by atoms with Gasteiger partial charge in [0.05, 0.1) is 6.17 Å². The fourth-order valence-corrected chi connectivity index (χ4v) is 0.517. The third-order valence-electron chi connectivity index (χ3n) is 1.04. The van der Waals surface area contributed by atoms with Gasteiger partial charge in [-0.05, 0) is 12.8 Å². The molecule has 0 fully saturated rings. The van der Waals surface area contributed by atoms with E-state index in [1.807, 2.05) is 13.8 Å². The lowest BCUT2D eigenvalue weighted by Gasteiger charge is -1.98. The van der Waals surface area contributed by atoms with Crippen LogP contribution in [0.5, 0.6) is 0 Å². The van der Waals surface area contributed by atoms with Gasteiger partial charge in [-0.3, -0.25) is 0 Å². The molecule has 0 amide bonds. The van der Waals surface area contributed by atoms with Crippen molar-refractivity contribution in [2.75, 3.05) is 0 Å². The molecule has 1 atom stereocenters. The molecular formula is C6H13F. The van der Waals surface area contributed by atoms with Gasteiger partial charge in [0.2, 0.25) is 0 Å². The first-order chi connectivity index (χ1) is 3.31. The van der Waals surface area contributed by atoms with Crippen molar-refractivity contribution >= 4 is 0 Å². The third kappa shape index (κ3) is 3.77. The minimum absolute atomic E-state index is 0.551. The molecule has 0 radical (unpaired) electrons. The zero-order valence-electron chi connectivity index (χ0n) is 5.08. The largest absolute Gasteiger partial charge is 0.248 e. The topological polar surface area (TPSA) is 0 Å². The van der Waals surface area contributed by atoms with E-state index in [1.54, 1.807) is 0 Å². The molecule has 0 aromatic heterocycles. The quantitative estimate of drug-likeness (QED) is 0.516. The first kappa shape index (κ1) is 6.93. The molecule has 0 rings (SSSR count). The summed E-state index contributed by atoms with van der Waals surface area (Å²) in [6, 6.07) is 0. The predicted molar refractivity (Wildman–Crippen MR) is 30.1 cm³/mol. The molecule has 1 heteroatoms. The molecule has 0 unspecified atom stereocenters.